The standard InChI is InChI=1S/C16H20BrNOS/c17-10-12-6-2-1-5-9-18(12)16(19)14-11-20-15-8-4-3-7-13(14)15/h3-4,7-8,12,14H,1-2,5-6,9-11H2. The molecule has 1 aromatic carbocycles. The molecule has 1 aromatic rings. The van der Waals surface area contributed by atoms with E-state index >= 15 is 0 Å². The number of fused-ring (bicyclic) bond motifs is 1. The highest BCUT2D eigenvalue weighted by molar-refractivity contribution is 9.09. The predicted molar refractivity (Wildman–Crippen MR) is 87.7 cm³/mol. The highest BCUT2D eigenvalue weighted by Crippen LogP contribution is 2.40. The van der Waals surface area contributed by atoms with E-state index < -0.39 is 0 Å². The molecule has 2 nitrogen and oxygen atoms in total. The Labute approximate surface area is 133 Å². The van der Waals surface area contributed by atoms with Gasteiger partial charge in [0, 0.05) is 28.6 Å². The lowest BCUT2D eigenvalue weighted by Gasteiger charge is -2.31. The van der Waals surface area contributed by atoms with Gasteiger partial charge in [-0.25, -0.2) is 0 Å². The van der Waals surface area contributed by atoms with Gasteiger partial charge in [0.05, 0.1) is 5.92 Å². The van der Waals surface area contributed by atoms with Gasteiger partial charge in [0.15, 0.2) is 0 Å². The molecule has 1 fully saturated rings. The first-order valence-electron chi connectivity index (χ1n) is 7.39. The molecule has 2 heterocycles. The summed E-state index contributed by atoms with van der Waals surface area (Å²) in [5.41, 5.74) is 1.24. The number of thioether (sulfide) groups is 1. The molecule has 0 aromatic heterocycles. The summed E-state index contributed by atoms with van der Waals surface area (Å²) >= 11 is 5.42. The van der Waals surface area contributed by atoms with Crippen LogP contribution in [0.5, 0.6) is 0 Å². The van der Waals surface area contributed by atoms with Gasteiger partial charge in [-0.3, -0.25) is 4.79 Å². The maximum atomic E-state index is 13.0. The maximum Gasteiger partial charge on any atom is 0.231 e. The average molecular weight is 354 g/mol. The number of hydrogen-bond acceptors (Lipinski definition) is 2. The second-order valence-electron chi connectivity index (χ2n) is 5.59. The van der Waals surface area contributed by atoms with Crippen molar-refractivity contribution in [3.8, 4) is 0 Å². The highest BCUT2D eigenvalue weighted by Gasteiger charge is 2.35. The van der Waals surface area contributed by atoms with E-state index in [9.17, 15) is 4.79 Å². The molecule has 2 aliphatic rings. The summed E-state index contributed by atoms with van der Waals surface area (Å²) in [6.45, 7) is 0.929. The summed E-state index contributed by atoms with van der Waals surface area (Å²) in [5.74, 6) is 1.31. The Kier molecular flexibility index (Phi) is 4.72. The normalized spacial score (nSPS) is 26.1. The molecule has 20 heavy (non-hydrogen) atoms. The molecule has 3 rings (SSSR count). The zero-order valence-corrected chi connectivity index (χ0v) is 14.0. The van der Waals surface area contributed by atoms with Crippen LogP contribution in [0.3, 0.4) is 0 Å². The minimum atomic E-state index is 0.0656. The fraction of sp³-hybridized carbons (Fsp3) is 0.562. The molecular weight excluding hydrogens is 334 g/mol. The fourth-order valence-electron chi connectivity index (χ4n) is 3.20. The topological polar surface area (TPSA) is 20.3 Å². The van der Waals surface area contributed by atoms with Gasteiger partial charge in [-0.1, -0.05) is 47.0 Å². The van der Waals surface area contributed by atoms with Gasteiger partial charge in [0.1, 0.15) is 0 Å². The molecule has 0 aliphatic carbocycles. The maximum absolute atomic E-state index is 13.0. The Balaban J connectivity index is 1.81. The summed E-state index contributed by atoms with van der Waals surface area (Å²) in [5, 5.41) is 0.903. The van der Waals surface area contributed by atoms with Gasteiger partial charge in [-0.05, 0) is 24.5 Å². The lowest BCUT2D eigenvalue weighted by molar-refractivity contribution is -0.134. The molecule has 108 valence electrons. The molecule has 0 bridgehead atoms. The SMILES string of the molecule is O=C(C1CSc2ccccc21)N1CCCCCC1CBr. The number of benzene rings is 1. The van der Waals surface area contributed by atoms with Gasteiger partial charge in [-0.2, -0.15) is 0 Å². The average Bonchev–Trinajstić information content (AvgIpc) is 2.76. The van der Waals surface area contributed by atoms with Crippen molar-refractivity contribution >= 4 is 33.6 Å². The van der Waals surface area contributed by atoms with Crippen LogP contribution < -0.4 is 0 Å². The number of rotatable bonds is 2. The van der Waals surface area contributed by atoms with Gasteiger partial charge in [-0.15, -0.1) is 11.8 Å². The quantitative estimate of drug-likeness (QED) is 0.747. The molecule has 1 saturated heterocycles. The Morgan fingerprint density at radius 2 is 2.15 bits per heavy atom. The number of hydrogen-bond donors (Lipinski definition) is 0. The summed E-state index contributed by atoms with van der Waals surface area (Å²) in [4.78, 5) is 16.4. The van der Waals surface area contributed by atoms with Gasteiger partial charge in [0.2, 0.25) is 5.91 Å². The molecule has 2 atom stereocenters. The number of halogens is 1. The van der Waals surface area contributed by atoms with Gasteiger partial charge >= 0.3 is 0 Å². The van der Waals surface area contributed by atoms with Crippen LogP contribution in [-0.4, -0.2) is 34.5 Å². The minimum absolute atomic E-state index is 0.0656. The van der Waals surface area contributed by atoms with Crippen molar-refractivity contribution in [2.24, 2.45) is 0 Å². The number of likely N-dealkylation sites (tertiary alicyclic amines) is 1. The molecule has 2 aliphatic heterocycles. The van der Waals surface area contributed by atoms with Crippen molar-refractivity contribution in [3.63, 3.8) is 0 Å². The van der Waals surface area contributed by atoms with Crippen LogP contribution in [0.1, 0.15) is 37.2 Å². The summed E-state index contributed by atoms with van der Waals surface area (Å²) in [7, 11) is 0. The number of alkyl halides is 1. The Bertz CT molecular complexity index is 493. The van der Waals surface area contributed by atoms with Crippen LogP contribution in [0.15, 0.2) is 29.2 Å². The van der Waals surface area contributed by atoms with E-state index in [1.165, 1.54) is 23.3 Å². The summed E-state index contributed by atoms with van der Waals surface area (Å²) < 4.78 is 0. The first-order chi connectivity index (χ1) is 9.81. The first-order valence-corrected chi connectivity index (χ1v) is 9.50. The second-order valence-corrected chi connectivity index (χ2v) is 7.30. The van der Waals surface area contributed by atoms with E-state index in [4.69, 9.17) is 0 Å². The Hall–Kier alpha value is -0.480. The minimum Gasteiger partial charge on any atom is -0.338 e. The van der Waals surface area contributed by atoms with Crippen molar-refractivity contribution in [3.05, 3.63) is 29.8 Å². The summed E-state index contributed by atoms with van der Waals surface area (Å²) in [6.07, 6.45) is 4.79. The van der Waals surface area contributed by atoms with Gasteiger partial charge < -0.3 is 4.90 Å². The van der Waals surface area contributed by atoms with Crippen molar-refractivity contribution in [1.82, 2.24) is 4.90 Å². The van der Waals surface area contributed by atoms with Crippen molar-refractivity contribution in [2.45, 2.75) is 42.5 Å². The van der Waals surface area contributed by atoms with Crippen LogP contribution in [0, 0.1) is 0 Å². The molecule has 0 N–H and O–H groups in total. The molecule has 0 radical (unpaired) electrons. The Morgan fingerprint density at radius 3 is 3.00 bits per heavy atom. The zero-order chi connectivity index (χ0) is 13.9. The van der Waals surface area contributed by atoms with E-state index in [1.807, 2.05) is 11.8 Å². The number of nitrogens with zero attached hydrogens (tertiary/aromatic N) is 1. The fourth-order valence-corrected chi connectivity index (χ4v) is 5.09. The third kappa shape index (κ3) is 2.77. The van der Waals surface area contributed by atoms with Crippen molar-refractivity contribution < 1.29 is 4.79 Å². The molecule has 0 saturated carbocycles. The van der Waals surface area contributed by atoms with E-state index in [-0.39, 0.29) is 5.92 Å². The first kappa shape index (κ1) is 14.5. The van der Waals surface area contributed by atoms with Crippen molar-refractivity contribution in [1.29, 1.82) is 0 Å². The van der Waals surface area contributed by atoms with Crippen LogP contribution >= 0.6 is 27.7 Å². The van der Waals surface area contributed by atoms with Crippen LogP contribution in [0.4, 0.5) is 0 Å². The largest absolute Gasteiger partial charge is 0.338 e. The zero-order valence-electron chi connectivity index (χ0n) is 11.6. The third-order valence-corrected chi connectivity index (χ3v) is 6.27. The number of carbonyl (C=O) groups excluding carboxylic acids is 1. The van der Waals surface area contributed by atoms with E-state index in [0.29, 0.717) is 11.9 Å². The number of carbonyl (C=O) groups is 1. The molecule has 2 unspecified atom stereocenters. The van der Waals surface area contributed by atoms with Crippen LogP contribution in [-0.2, 0) is 4.79 Å². The Morgan fingerprint density at radius 1 is 1.30 bits per heavy atom. The number of amides is 1. The van der Waals surface area contributed by atoms with Crippen LogP contribution in [0.2, 0.25) is 0 Å². The predicted octanol–water partition coefficient (Wildman–Crippen LogP) is 4.04. The highest BCUT2D eigenvalue weighted by atomic mass is 79.9. The molecular formula is C16H20BrNOS. The van der Waals surface area contributed by atoms with E-state index in [1.54, 1.807) is 0 Å². The summed E-state index contributed by atoms with van der Waals surface area (Å²) in [6, 6.07) is 8.75. The molecule has 0 spiro atoms. The third-order valence-electron chi connectivity index (χ3n) is 4.34. The van der Waals surface area contributed by atoms with E-state index in [2.05, 4.69) is 45.1 Å². The lowest BCUT2D eigenvalue weighted by Crippen LogP contribution is -2.43. The molecule has 1 amide bonds. The second kappa shape index (κ2) is 6.52. The van der Waals surface area contributed by atoms with Crippen molar-refractivity contribution in [2.75, 3.05) is 17.6 Å². The monoisotopic (exact) mass is 353 g/mol. The van der Waals surface area contributed by atoms with Crippen LogP contribution in [0.25, 0.3) is 0 Å². The molecule has 4 heteroatoms. The smallest absolute Gasteiger partial charge is 0.231 e. The lowest BCUT2D eigenvalue weighted by atomic mass is 9.99. The van der Waals surface area contributed by atoms with Gasteiger partial charge in [0.25, 0.3) is 0 Å². The van der Waals surface area contributed by atoms with E-state index in [0.717, 1.165) is 30.5 Å².